The van der Waals surface area contributed by atoms with Gasteiger partial charge in [-0.3, -0.25) is 9.67 Å². The van der Waals surface area contributed by atoms with Crippen molar-refractivity contribution in [2.24, 2.45) is 17.3 Å². The van der Waals surface area contributed by atoms with E-state index in [1.807, 2.05) is 98.7 Å². The molecule has 0 aliphatic heterocycles. The minimum atomic E-state index is 0.838. The number of aromatic nitrogens is 3. The number of thiophene rings is 1. The van der Waals surface area contributed by atoms with E-state index in [2.05, 4.69) is 50.7 Å². The molecule has 5 nitrogen and oxygen atoms in total. The molecule has 33 heavy (non-hydrogen) atoms. The molecule has 178 valence electrons. The maximum atomic E-state index is 4.34. The second-order valence-corrected chi connectivity index (χ2v) is 6.51. The maximum Gasteiger partial charge on any atom is 0.143 e. The molecule has 3 aromatic heterocycles. The Morgan fingerprint density at radius 2 is 1.61 bits per heavy atom. The molecule has 0 radical (unpaired) electrons. The third-order valence-corrected chi connectivity index (χ3v) is 4.81. The lowest BCUT2D eigenvalue weighted by atomic mass is 10.1. The van der Waals surface area contributed by atoms with Crippen LogP contribution < -0.4 is 0 Å². The summed E-state index contributed by atoms with van der Waals surface area (Å²) in [6.45, 7) is 23.0. The van der Waals surface area contributed by atoms with Crippen molar-refractivity contribution in [3.05, 3.63) is 45.0 Å². The van der Waals surface area contributed by atoms with Crippen molar-refractivity contribution in [2.75, 3.05) is 0 Å². The Morgan fingerprint density at radius 3 is 2.15 bits per heavy atom. The van der Waals surface area contributed by atoms with E-state index in [9.17, 15) is 0 Å². The second-order valence-electron chi connectivity index (χ2n) is 5.60. The second kappa shape index (κ2) is 19.5. The van der Waals surface area contributed by atoms with E-state index in [1.54, 1.807) is 17.6 Å². The predicted octanol–water partition coefficient (Wildman–Crippen LogP) is 7.19. The van der Waals surface area contributed by atoms with Gasteiger partial charge in [0.15, 0.2) is 0 Å². The first-order valence-electron chi connectivity index (χ1n) is 11.2. The van der Waals surface area contributed by atoms with E-state index in [0.717, 1.165) is 38.2 Å². The fourth-order valence-corrected chi connectivity index (χ4v) is 3.35. The van der Waals surface area contributed by atoms with Crippen LogP contribution in [0.5, 0.6) is 0 Å². The largest absolute Gasteiger partial charge is 0.265 e. The van der Waals surface area contributed by atoms with Crippen molar-refractivity contribution in [1.82, 2.24) is 14.8 Å². The van der Waals surface area contributed by atoms with Crippen LogP contribution in [0.2, 0.25) is 0 Å². The molecule has 0 saturated heterocycles. The van der Waals surface area contributed by atoms with Gasteiger partial charge >= 0.3 is 0 Å². The van der Waals surface area contributed by atoms with Crippen LogP contribution in [0.25, 0.3) is 10.9 Å². The summed E-state index contributed by atoms with van der Waals surface area (Å²) < 4.78 is 1.81. The monoisotopic (exact) mass is 465 g/mol. The van der Waals surface area contributed by atoms with E-state index in [0.29, 0.717) is 0 Å². The first-order valence-corrected chi connectivity index (χ1v) is 12.1. The summed E-state index contributed by atoms with van der Waals surface area (Å²) in [7, 11) is 1.91. The van der Waals surface area contributed by atoms with Crippen LogP contribution in [-0.4, -0.2) is 27.7 Å². The van der Waals surface area contributed by atoms with Gasteiger partial charge in [-0.2, -0.15) is 15.3 Å². The Hall–Kier alpha value is -3.22. The highest BCUT2D eigenvalue weighted by Crippen LogP contribution is 2.20. The normalized spacial score (nSPS) is 8.58. The molecule has 3 aromatic rings. The van der Waals surface area contributed by atoms with Crippen LogP contribution >= 0.6 is 11.3 Å². The van der Waals surface area contributed by atoms with E-state index in [4.69, 9.17) is 0 Å². The van der Waals surface area contributed by atoms with Crippen molar-refractivity contribution >= 4 is 35.2 Å². The van der Waals surface area contributed by atoms with Crippen molar-refractivity contribution in [3.63, 3.8) is 0 Å². The molecule has 0 spiro atoms. The van der Waals surface area contributed by atoms with Crippen LogP contribution in [0.1, 0.15) is 82.7 Å². The topological polar surface area (TPSA) is 55.4 Å². The highest BCUT2D eigenvalue weighted by Gasteiger charge is 2.08. The SMILES string of the molecule is C=N/N=C\c1scc(C#CC)c1C.CC.CC.CC.CC#Cc1nn(C)c2cncc(C)c12. The van der Waals surface area contributed by atoms with Gasteiger partial charge in [0.25, 0.3) is 0 Å². The lowest BCUT2D eigenvalue weighted by Gasteiger charge is -1.94. The van der Waals surface area contributed by atoms with Gasteiger partial charge in [-0.25, -0.2) is 0 Å². The van der Waals surface area contributed by atoms with E-state index in [-0.39, 0.29) is 0 Å². The quantitative estimate of drug-likeness (QED) is 0.228. The van der Waals surface area contributed by atoms with E-state index < -0.39 is 0 Å². The molecular weight excluding hydrogens is 426 g/mol. The van der Waals surface area contributed by atoms with Crippen LogP contribution in [0.15, 0.2) is 28.0 Å². The number of hydrogen-bond donors (Lipinski definition) is 0. The molecule has 3 rings (SSSR count). The number of hydrogen-bond acceptors (Lipinski definition) is 5. The zero-order valence-electron chi connectivity index (χ0n) is 22.2. The van der Waals surface area contributed by atoms with Crippen molar-refractivity contribution in [2.45, 2.75) is 69.2 Å². The first kappa shape index (κ1) is 32.0. The minimum absolute atomic E-state index is 0.838. The molecule has 0 amide bonds. The van der Waals surface area contributed by atoms with Crippen molar-refractivity contribution < 1.29 is 0 Å². The lowest BCUT2D eigenvalue weighted by molar-refractivity contribution is 0.790. The Morgan fingerprint density at radius 1 is 1.00 bits per heavy atom. The van der Waals surface area contributed by atoms with Crippen LogP contribution in [0.3, 0.4) is 0 Å². The van der Waals surface area contributed by atoms with Gasteiger partial charge in [0.1, 0.15) is 5.69 Å². The lowest BCUT2D eigenvalue weighted by Crippen LogP contribution is -1.89. The molecule has 0 fully saturated rings. The van der Waals surface area contributed by atoms with E-state index in [1.165, 1.54) is 0 Å². The molecule has 6 heteroatoms. The number of fused-ring (bicyclic) bond motifs is 1. The summed E-state index contributed by atoms with van der Waals surface area (Å²) in [5, 5.41) is 14.6. The summed E-state index contributed by atoms with van der Waals surface area (Å²) in [6.07, 6.45) is 5.36. The van der Waals surface area contributed by atoms with Crippen LogP contribution in [0.4, 0.5) is 0 Å². The standard InChI is InChI=1S/C11H11N3.C10H10N2S.3C2H6/c1-4-5-9-11-8(2)6-12-7-10(11)14(3)13-9;1-4-5-9-7-13-10(8(9)2)6-12-11-3;3*1-2/h6-7H,1-3H3;6-7H,3H2,1-2H3;3*1-2H3/b;12-6-;;;. The maximum absolute atomic E-state index is 4.34. The third-order valence-electron chi connectivity index (χ3n) is 3.79. The molecule has 0 atom stereocenters. The molecular formula is C27H39N5S. The van der Waals surface area contributed by atoms with Gasteiger partial charge in [-0.15, -0.1) is 17.3 Å². The molecule has 0 N–H and O–H groups in total. The molecule has 0 unspecified atom stereocenters. The van der Waals surface area contributed by atoms with Gasteiger partial charge in [0, 0.05) is 36.3 Å². The molecule has 3 heterocycles. The van der Waals surface area contributed by atoms with Gasteiger partial charge in [-0.1, -0.05) is 53.4 Å². The Kier molecular flexibility index (Phi) is 18.9. The summed E-state index contributed by atoms with van der Waals surface area (Å²) in [6, 6.07) is 0. The number of nitrogens with zero attached hydrogens (tertiary/aromatic N) is 5. The summed E-state index contributed by atoms with van der Waals surface area (Å²) in [5.74, 6) is 11.8. The van der Waals surface area contributed by atoms with Crippen LogP contribution in [-0.2, 0) is 7.05 Å². The van der Waals surface area contributed by atoms with Crippen molar-refractivity contribution in [1.29, 1.82) is 0 Å². The van der Waals surface area contributed by atoms with Gasteiger partial charge in [0.2, 0.25) is 0 Å². The molecule has 0 aliphatic rings. The van der Waals surface area contributed by atoms with Gasteiger partial charge in [-0.05, 0) is 44.7 Å². The molecule has 0 bridgehead atoms. The Balaban J connectivity index is 0. The zero-order chi connectivity index (χ0) is 25.8. The predicted molar refractivity (Wildman–Crippen MR) is 149 cm³/mol. The molecule has 0 aromatic carbocycles. The summed E-state index contributed by atoms with van der Waals surface area (Å²) in [5.41, 5.74) is 5.21. The number of aryl methyl sites for hydroxylation is 2. The fraction of sp³-hybridized carbons (Fsp3) is 0.407. The molecule has 0 saturated carbocycles. The highest BCUT2D eigenvalue weighted by atomic mass is 32.1. The average Bonchev–Trinajstić information content (AvgIpc) is 3.37. The zero-order valence-corrected chi connectivity index (χ0v) is 23.0. The van der Waals surface area contributed by atoms with Crippen LogP contribution in [0, 0.1) is 37.5 Å². The van der Waals surface area contributed by atoms with Crippen molar-refractivity contribution in [3.8, 4) is 23.7 Å². The van der Waals surface area contributed by atoms with Gasteiger partial charge in [0.05, 0.1) is 22.8 Å². The number of pyridine rings is 1. The number of rotatable bonds is 2. The Bertz CT molecular complexity index is 1110. The fourth-order valence-electron chi connectivity index (χ4n) is 2.47. The Labute approximate surface area is 205 Å². The minimum Gasteiger partial charge on any atom is -0.265 e. The average molecular weight is 466 g/mol. The third kappa shape index (κ3) is 9.85. The van der Waals surface area contributed by atoms with E-state index >= 15 is 0 Å². The smallest absolute Gasteiger partial charge is 0.143 e. The van der Waals surface area contributed by atoms with Gasteiger partial charge < -0.3 is 0 Å². The molecule has 0 aliphatic carbocycles. The first-order chi connectivity index (χ1) is 16.0. The highest BCUT2D eigenvalue weighted by molar-refractivity contribution is 7.12. The summed E-state index contributed by atoms with van der Waals surface area (Å²) in [4.78, 5) is 5.23. The summed E-state index contributed by atoms with van der Waals surface area (Å²) >= 11 is 1.62.